The molecule has 0 spiro atoms. The highest BCUT2D eigenvalue weighted by Crippen LogP contribution is 2.22. The van der Waals surface area contributed by atoms with Gasteiger partial charge in [0.2, 0.25) is 0 Å². The van der Waals surface area contributed by atoms with Gasteiger partial charge < -0.3 is 4.90 Å². The van der Waals surface area contributed by atoms with Crippen molar-refractivity contribution in [3.8, 4) is 0 Å². The predicted molar refractivity (Wildman–Crippen MR) is 68.6 cm³/mol. The van der Waals surface area contributed by atoms with Crippen molar-refractivity contribution < 1.29 is 4.79 Å². The molecule has 92 valence electrons. The van der Waals surface area contributed by atoms with Crippen molar-refractivity contribution in [2.45, 2.75) is 12.8 Å². The number of hydrogen-bond donors (Lipinski definition) is 0. The van der Waals surface area contributed by atoms with Crippen molar-refractivity contribution in [3.63, 3.8) is 0 Å². The number of rotatable bonds is 2. The van der Waals surface area contributed by atoms with E-state index in [0.29, 0.717) is 22.4 Å². The second kappa shape index (κ2) is 5.69. The molecule has 0 saturated carbocycles. The van der Waals surface area contributed by atoms with E-state index in [-0.39, 0.29) is 5.91 Å². The first-order valence-corrected chi connectivity index (χ1v) is 6.58. The lowest BCUT2D eigenvalue weighted by Crippen LogP contribution is -2.40. The van der Waals surface area contributed by atoms with E-state index in [4.69, 9.17) is 23.2 Å². The molecule has 1 saturated heterocycles. The van der Waals surface area contributed by atoms with Crippen LogP contribution in [0.2, 0.25) is 5.02 Å². The fourth-order valence-electron chi connectivity index (χ4n) is 2.09. The maximum Gasteiger partial charge on any atom is 0.255 e. The van der Waals surface area contributed by atoms with Crippen molar-refractivity contribution in [2.75, 3.05) is 19.0 Å². The Hall–Kier alpha value is -0.800. The number of piperidine rings is 1. The Morgan fingerprint density at radius 3 is 3.12 bits per heavy atom. The van der Waals surface area contributed by atoms with Gasteiger partial charge in [0.15, 0.2) is 0 Å². The normalized spacial score (nSPS) is 20.4. The third-order valence-corrected chi connectivity index (χ3v) is 3.76. The predicted octanol–water partition coefficient (Wildman–Crippen LogP) is 2.83. The van der Waals surface area contributed by atoms with Crippen LogP contribution in [0.15, 0.2) is 18.5 Å². The SMILES string of the molecule is O=C(c1ccncc1Cl)N1CCCC(CCl)C1. The van der Waals surface area contributed by atoms with Crippen LogP contribution in [0.25, 0.3) is 0 Å². The number of carbonyl (C=O) groups is 1. The van der Waals surface area contributed by atoms with Crippen LogP contribution < -0.4 is 0 Å². The van der Waals surface area contributed by atoms with Gasteiger partial charge in [-0.15, -0.1) is 11.6 Å². The van der Waals surface area contributed by atoms with Gasteiger partial charge >= 0.3 is 0 Å². The highest BCUT2D eigenvalue weighted by atomic mass is 35.5. The van der Waals surface area contributed by atoms with E-state index < -0.39 is 0 Å². The number of amides is 1. The van der Waals surface area contributed by atoms with Crippen LogP contribution in [0, 0.1) is 5.92 Å². The number of halogens is 2. The van der Waals surface area contributed by atoms with Crippen LogP contribution in [0.5, 0.6) is 0 Å². The Morgan fingerprint density at radius 1 is 1.59 bits per heavy atom. The molecule has 3 nitrogen and oxygen atoms in total. The summed E-state index contributed by atoms with van der Waals surface area (Å²) < 4.78 is 0. The summed E-state index contributed by atoms with van der Waals surface area (Å²) in [4.78, 5) is 18.0. The third-order valence-electron chi connectivity index (χ3n) is 3.03. The van der Waals surface area contributed by atoms with Crippen molar-refractivity contribution in [3.05, 3.63) is 29.0 Å². The average Bonchev–Trinajstić information content (AvgIpc) is 2.38. The molecular formula is C12H14Cl2N2O. The highest BCUT2D eigenvalue weighted by Gasteiger charge is 2.24. The van der Waals surface area contributed by atoms with Gasteiger partial charge in [0.25, 0.3) is 5.91 Å². The van der Waals surface area contributed by atoms with Crippen molar-refractivity contribution >= 4 is 29.1 Å². The Bertz CT molecular complexity index is 411. The zero-order valence-electron chi connectivity index (χ0n) is 9.40. The molecule has 1 aromatic heterocycles. The summed E-state index contributed by atoms with van der Waals surface area (Å²) >= 11 is 11.8. The molecule has 17 heavy (non-hydrogen) atoms. The summed E-state index contributed by atoms with van der Waals surface area (Å²) in [5, 5.41) is 0.408. The third kappa shape index (κ3) is 2.90. The fraction of sp³-hybridized carbons (Fsp3) is 0.500. The fourth-order valence-corrected chi connectivity index (χ4v) is 2.55. The number of likely N-dealkylation sites (tertiary alicyclic amines) is 1. The number of aromatic nitrogens is 1. The summed E-state index contributed by atoms with van der Waals surface area (Å²) in [6.07, 6.45) is 5.18. The molecule has 0 aromatic carbocycles. The zero-order chi connectivity index (χ0) is 12.3. The molecule has 0 radical (unpaired) electrons. The molecule has 1 unspecified atom stereocenters. The van der Waals surface area contributed by atoms with E-state index in [0.717, 1.165) is 25.9 Å². The molecule has 1 aromatic rings. The summed E-state index contributed by atoms with van der Waals surface area (Å²) in [6, 6.07) is 1.66. The van der Waals surface area contributed by atoms with Crippen molar-refractivity contribution in [1.29, 1.82) is 0 Å². The van der Waals surface area contributed by atoms with Gasteiger partial charge in [0, 0.05) is 31.4 Å². The second-order valence-electron chi connectivity index (χ2n) is 4.27. The number of pyridine rings is 1. The van der Waals surface area contributed by atoms with Gasteiger partial charge in [-0.25, -0.2) is 0 Å². The first-order chi connectivity index (χ1) is 8.22. The lowest BCUT2D eigenvalue weighted by molar-refractivity contribution is 0.0685. The summed E-state index contributed by atoms with van der Waals surface area (Å²) in [5.74, 6) is 0.982. The van der Waals surface area contributed by atoms with Crippen LogP contribution >= 0.6 is 23.2 Å². The van der Waals surface area contributed by atoms with E-state index in [1.54, 1.807) is 12.3 Å². The molecule has 1 aliphatic rings. The van der Waals surface area contributed by atoms with Crippen molar-refractivity contribution in [1.82, 2.24) is 9.88 Å². The first kappa shape index (κ1) is 12.7. The van der Waals surface area contributed by atoms with E-state index in [2.05, 4.69) is 4.98 Å². The van der Waals surface area contributed by atoms with Crippen LogP contribution in [0.4, 0.5) is 0 Å². The molecule has 1 aliphatic heterocycles. The molecule has 2 heterocycles. The van der Waals surface area contributed by atoms with Crippen LogP contribution in [0.1, 0.15) is 23.2 Å². The first-order valence-electron chi connectivity index (χ1n) is 5.67. The lowest BCUT2D eigenvalue weighted by atomic mass is 9.99. The van der Waals surface area contributed by atoms with E-state index in [1.165, 1.54) is 6.20 Å². The molecule has 5 heteroatoms. The number of alkyl halides is 1. The maximum atomic E-state index is 12.3. The quantitative estimate of drug-likeness (QED) is 0.776. The summed E-state index contributed by atoms with van der Waals surface area (Å²) in [5.41, 5.74) is 0.525. The molecule has 0 N–H and O–H groups in total. The molecule has 0 bridgehead atoms. The molecule has 0 aliphatic carbocycles. The largest absolute Gasteiger partial charge is 0.338 e. The van der Waals surface area contributed by atoms with Gasteiger partial charge in [0.1, 0.15) is 0 Å². The minimum absolute atomic E-state index is 0.0211. The van der Waals surface area contributed by atoms with E-state index >= 15 is 0 Å². The lowest BCUT2D eigenvalue weighted by Gasteiger charge is -2.32. The summed E-state index contributed by atoms with van der Waals surface area (Å²) in [7, 11) is 0. The second-order valence-corrected chi connectivity index (χ2v) is 4.99. The molecule has 2 rings (SSSR count). The van der Waals surface area contributed by atoms with Crippen LogP contribution in [0.3, 0.4) is 0 Å². The van der Waals surface area contributed by atoms with Gasteiger partial charge in [-0.3, -0.25) is 9.78 Å². The Kier molecular flexibility index (Phi) is 4.24. The monoisotopic (exact) mass is 272 g/mol. The minimum Gasteiger partial charge on any atom is -0.338 e. The standard InChI is InChI=1S/C12H14Cl2N2O/c13-6-9-2-1-5-16(8-9)12(17)10-3-4-15-7-11(10)14/h3-4,7,9H,1-2,5-6,8H2. The van der Waals surface area contributed by atoms with Crippen LogP contribution in [-0.2, 0) is 0 Å². The topological polar surface area (TPSA) is 33.2 Å². The Labute approximate surface area is 111 Å². The van der Waals surface area contributed by atoms with Gasteiger partial charge in [-0.2, -0.15) is 0 Å². The maximum absolute atomic E-state index is 12.3. The number of nitrogens with zero attached hydrogens (tertiary/aromatic N) is 2. The van der Waals surface area contributed by atoms with Crippen molar-refractivity contribution in [2.24, 2.45) is 5.92 Å². The molecule has 1 amide bonds. The van der Waals surface area contributed by atoms with E-state index in [1.807, 2.05) is 4.90 Å². The minimum atomic E-state index is -0.0211. The zero-order valence-corrected chi connectivity index (χ0v) is 10.9. The van der Waals surface area contributed by atoms with Gasteiger partial charge in [0.05, 0.1) is 10.6 Å². The number of carbonyl (C=O) groups excluding carboxylic acids is 1. The smallest absolute Gasteiger partial charge is 0.255 e. The Morgan fingerprint density at radius 2 is 2.41 bits per heavy atom. The van der Waals surface area contributed by atoms with E-state index in [9.17, 15) is 4.79 Å². The molecule has 1 atom stereocenters. The average molecular weight is 273 g/mol. The van der Waals surface area contributed by atoms with Gasteiger partial charge in [-0.1, -0.05) is 11.6 Å². The van der Waals surface area contributed by atoms with Crippen LogP contribution in [-0.4, -0.2) is 34.8 Å². The highest BCUT2D eigenvalue weighted by molar-refractivity contribution is 6.33. The summed E-state index contributed by atoms with van der Waals surface area (Å²) in [6.45, 7) is 1.51. The number of hydrogen-bond acceptors (Lipinski definition) is 2. The Balaban J connectivity index is 2.12. The van der Waals surface area contributed by atoms with Gasteiger partial charge in [-0.05, 0) is 24.8 Å². The molecular weight excluding hydrogens is 259 g/mol. The molecule has 1 fully saturated rings.